The molecule has 98 valence electrons. The maximum Gasteiger partial charge on any atom is 0.345 e. The van der Waals surface area contributed by atoms with Crippen molar-refractivity contribution in [1.29, 1.82) is 0 Å². The van der Waals surface area contributed by atoms with Crippen LogP contribution in [0.15, 0.2) is 51.7 Å². The second-order valence-electron chi connectivity index (χ2n) is 4.55. The van der Waals surface area contributed by atoms with Crippen molar-refractivity contribution in [2.75, 3.05) is 7.11 Å². The highest BCUT2D eigenvalue weighted by molar-refractivity contribution is 7.26. The van der Waals surface area contributed by atoms with Crippen molar-refractivity contribution in [2.45, 2.75) is 0 Å². The van der Waals surface area contributed by atoms with Crippen LogP contribution in [0.1, 0.15) is 0 Å². The van der Waals surface area contributed by atoms with Gasteiger partial charge in [0.25, 0.3) is 0 Å². The third kappa shape index (κ3) is 1.48. The van der Waals surface area contributed by atoms with Gasteiger partial charge in [0.2, 0.25) is 0 Å². The zero-order chi connectivity index (χ0) is 13.7. The first-order valence-corrected chi connectivity index (χ1v) is 7.01. The second-order valence-corrected chi connectivity index (χ2v) is 5.61. The number of hydrogen-bond acceptors (Lipinski definition) is 4. The van der Waals surface area contributed by atoms with Crippen molar-refractivity contribution in [2.24, 2.45) is 0 Å². The molecule has 0 aliphatic heterocycles. The molecular weight excluding hydrogens is 272 g/mol. The first-order chi connectivity index (χ1) is 9.78. The fraction of sp³-hybridized carbons (Fsp3) is 0.0625. The number of hydrogen-bond donors (Lipinski definition) is 0. The average molecular weight is 282 g/mol. The largest absolute Gasteiger partial charge is 0.497 e. The molecule has 0 spiro atoms. The summed E-state index contributed by atoms with van der Waals surface area (Å²) in [6.07, 6.45) is 0. The molecular formula is C16H10O3S. The lowest BCUT2D eigenvalue weighted by atomic mass is 10.1. The van der Waals surface area contributed by atoms with Gasteiger partial charge in [0.05, 0.1) is 17.2 Å². The Morgan fingerprint density at radius 3 is 2.80 bits per heavy atom. The predicted molar refractivity (Wildman–Crippen MR) is 81.9 cm³/mol. The van der Waals surface area contributed by atoms with Crippen LogP contribution in [-0.2, 0) is 0 Å². The molecule has 4 rings (SSSR count). The second kappa shape index (κ2) is 4.08. The maximum atomic E-state index is 12.2. The van der Waals surface area contributed by atoms with Crippen LogP contribution in [0.3, 0.4) is 0 Å². The van der Waals surface area contributed by atoms with Gasteiger partial charge in [0, 0.05) is 15.5 Å². The molecule has 0 saturated carbocycles. The first kappa shape index (κ1) is 11.5. The van der Waals surface area contributed by atoms with Crippen LogP contribution in [0.5, 0.6) is 5.75 Å². The van der Waals surface area contributed by atoms with Crippen LogP contribution in [0.2, 0.25) is 0 Å². The summed E-state index contributed by atoms with van der Waals surface area (Å²) in [7, 11) is 1.64. The summed E-state index contributed by atoms with van der Waals surface area (Å²) in [4.78, 5) is 12.2. The van der Waals surface area contributed by atoms with Crippen molar-refractivity contribution in [3.05, 3.63) is 52.9 Å². The van der Waals surface area contributed by atoms with E-state index in [9.17, 15) is 4.79 Å². The molecule has 20 heavy (non-hydrogen) atoms. The molecule has 0 aliphatic rings. The van der Waals surface area contributed by atoms with E-state index in [0.717, 1.165) is 25.9 Å². The summed E-state index contributed by atoms with van der Waals surface area (Å²) >= 11 is 1.59. The summed E-state index contributed by atoms with van der Waals surface area (Å²) in [6, 6.07) is 13.4. The Bertz CT molecular complexity index is 1010. The van der Waals surface area contributed by atoms with Crippen LogP contribution < -0.4 is 10.4 Å². The van der Waals surface area contributed by atoms with Crippen molar-refractivity contribution in [3.63, 3.8) is 0 Å². The maximum absolute atomic E-state index is 12.2. The van der Waals surface area contributed by atoms with E-state index >= 15 is 0 Å². The smallest absolute Gasteiger partial charge is 0.345 e. The number of ether oxygens (including phenoxy) is 1. The van der Waals surface area contributed by atoms with Gasteiger partial charge in [-0.1, -0.05) is 12.1 Å². The molecule has 0 radical (unpaired) electrons. The van der Waals surface area contributed by atoms with Gasteiger partial charge in [0.1, 0.15) is 11.3 Å². The van der Waals surface area contributed by atoms with Gasteiger partial charge in [-0.2, -0.15) is 0 Å². The fourth-order valence-electron chi connectivity index (χ4n) is 2.49. The average Bonchev–Trinajstić information content (AvgIpc) is 2.86. The Balaban J connectivity index is 2.28. The van der Waals surface area contributed by atoms with Gasteiger partial charge in [-0.05, 0) is 30.3 Å². The van der Waals surface area contributed by atoms with E-state index in [1.54, 1.807) is 18.4 Å². The quantitative estimate of drug-likeness (QED) is 0.492. The monoisotopic (exact) mass is 282 g/mol. The molecule has 0 atom stereocenters. The highest BCUT2D eigenvalue weighted by Gasteiger charge is 2.14. The number of fused-ring (bicyclic) bond motifs is 5. The third-order valence-corrected chi connectivity index (χ3v) is 4.62. The third-order valence-electron chi connectivity index (χ3n) is 3.44. The highest BCUT2D eigenvalue weighted by Crippen LogP contribution is 2.37. The molecule has 0 aliphatic carbocycles. The lowest BCUT2D eigenvalue weighted by molar-refractivity contribution is 0.415. The Hall–Kier alpha value is -2.33. The minimum absolute atomic E-state index is 0.282. The SMILES string of the molecule is COc1ccc2c(c1)sc1c3ccccc3oc(=O)c21. The molecule has 0 saturated heterocycles. The van der Waals surface area contributed by atoms with Gasteiger partial charge in [-0.3, -0.25) is 0 Å². The topological polar surface area (TPSA) is 39.4 Å². The van der Waals surface area contributed by atoms with E-state index in [1.807, 2.05) is 42.5 Å². The minimum atomic E-state index is -0.282. The lowest BCUT2D eigenvalue weighted by Gasteiger charge is -1.98. The summed E-state index contributed by atoms with van der Waals surface area (Å²) in [5.41, 5.74) is 0.346. The number of rotatable bonds is 1. The Labute approximate surface area is 118 Å². The fourth-order valence-corrected chi connectivity index (χ4v) is 3.74. The molecule has 2 heterocycles. The minimum Gasteiger partial charge on any atom is -0.497 e. The Kier molecular flexibility index (Phi) is 2.35. The molecule has 0 fully saturated rings. The number of methoxy groups -OCH3 is 1. The van der Waals surface area contributed by atoms with E-state index in [2.05, 4.69) is 0 Å². The first-order valence-electron chi connectivity index (χ1n) is 6.20. The van der Waals surface area contributed by atoms with Gasteiger partial charge in [0.15, 0.2) is 0 Å². The van der Waals surface area contributed by atoms with E-state index in [-0.39, 0.29) is 5.63 Å². The van der Waals surface area contributed by atoms with Gasteiger partial charge in [-0.25, -0.2) is 4.79 Å². The van der Waals surface area contributed by atoms with Crippen molar-refractivity contribution in [3.8, 4) is 5.75 Å². The normalized spacial score (nSPS) is 11.4. The summed E-state index contributed by atoms with van der Waals surface area (Å²) in [6.45, 7) is 0. The van der Waals surface area contributed by atoms with E-state index in [4.69, 9.17) is 9.15 Å². The molecule has 0 N–H and O–H groups in total. The van der Waals surface area contributed by atoms with Crippen LogP contribution in [-0.4, -0.2) is 7.11 Å². The van der Waals surface area contributed by atoms with Crippen molar-refractivity contribution in [1.82, 2.24) is 0 Å². The van der Waals surface area contributed by atoms with Crippen molar-refractivity contribution < 1.29 is 9.15 Å². The van der Waals surface area contributed by atoms with Crippen LogP contribution in [0.25, 0.3) is 31.1 Å². The zero-order valence-electron chi connectivity index (χ0n) is 10.7. The van der Waals surface area contributed by atoms with Gasteiger partial charge >= 0.3 is 5.63 Å². The van der Waals surface area contributed by atoms with Crippen LogP contribution >= 0.6 is 11.3 Å². The number of thiophene rings is 1. The molecule has 0 bridgehead atoms. The number of benzene rings is 2. The van der Waals surface area contributed by atoms with Gasteiger partial charge in [-0.15, -0.1) is 11.3 Å². The van der Waals surface area contributed by atoms with Gasteiger partial charge < -0.3 is 9.15 Å². The predicted octanol–water partition coefficient (Wildman–Crippen LogP) is 4.17. The van der Waals surface area contributed by atoms with E-state index < -0.39 is 0 Å². The number of para-hydroxylation sites is 1. The van der Waals surface area contributed by atoms with Crippen LogP contribution in [0.4, 0.5) is 0 Å². The molecule has 0 amide bonds. The van der Waals surface area contributed by atoms with E-state index in [0.29, 0.717) is 11.0 Å². The molecule has 0 unspecified atom stereocenters. The zero-order valence-corrected chi connectivity index (χ0v) is 11.5. The van der Waals surface area contributed by atoms with E-state index in [1.165, 1.54) is 0 Å². The molecule has 3 nitrogen and oxygen atoms in total. The lowest BCUT2D eigenvalue weighted by Crippen LogP contribution is -1.97. The van der Waals surface area contributed by atoms with Crippen LogP contribution in [0, 0.1) is 0 Å². The Morgan fingerprint density at radius 2 is 1.95 bits per heavy atom. The molecule has 4 heteroatoms. The molecule has 2 aromatic heterocycles. The van der Waals surface area contributed by atoms with Crippen molar-refractivity contribution >= 4 is 42.5 Å². The Morgan fingerprint density at radius 1 is 1.10 bits per heavy atom. The summed E-state index contributed by atoms with van der Waals surface area (Å²) < 4.78 is 12.7. The molecule has 2 aromatic carbocycles. The summed E-state index contributed by atoms with van der Waals surface area (Å²) in [5, 5.41) is 2.55. The summed E-state index contributed by atoms with van der Waals surface area (Å²) in [5.74, 6) is 0.790. The highest BCUT2D eigenvalue weighted by atomic mass is 32.1. The molecule has 4 aromatic rings. The standard InChI is InChI=1S/C16H10O3S/c1-18-9-6-7-11-13(8-9)20-15-10-4-2-3-5-12(10)19-16(17)14(11)15/h2-8H,1H3.